The molecule has 2 aliphatic rings. The zero-order valence-electron chi connectivity index (χ0n) is 4.93. The molecular weight excluding hydrogens is 182 g/mol. The van der Waals surface area contributed by atoms with Crippen LogP contribution in [-0.4, -0.2) is 16.8 Å². The number of hydrogen-bond donors (Lipinski definition) is 1. The fraction of sp³-hybridized carbons (Fsp3) is 0.833. The average molecular weight is 190 g/mol. The Morgan fingerprint density at radius 2 is 2.33 bits per heavy atom. The maximum Gasteiger partial charge on any atom is 0.224 e. The minimum Gasteiger partial charge on any atom is -0.352 e. The van der Waals surface area contributed by atoms with Gasteiger partial charge in [-0.3, -0.25) is 4.79 Å². The molecule has 3 heteroatoms. The molecule has 2 nitrogen and oxygen atoms in total. The largest absolute Gasteiger partial charge is 0.352 e. The van der Waals surface area contributed by atoms with Crippen molar-refractivity contribution in [2.24, 2.45) is 5.92 Å². The third-order valence-electron chi connectivity index (χ3n) is 2.22. The zero-order chi connectivity index (χ0) is 6.43. The van der Waals surface area contributed by atoms with Crippen molar-refractivity contribution in [3.05, 3.63) is 0 Å². The molecule has 0 aromatic carbocycles. The summed E-state index contributed by atoms with van der Waals surface area (Å²) >= 11 is 3.49. The summed E-state index contributed by atoms with van der Waals surface area (Å²) in [5, 5.41) is 2.92. The second kappa shape index (κ2) is 1.72. The predicted molar refractivity (Wildman–Crippen MR) is 37.4 cm³/mol. The molecule has 3 atom stereocenters. The maximum atomic E-state index is 10.9. The molecule has 0 aromatic heterocycles. The van der Waals surface area contributed by atoms with Crippen LogP contribution >= 0.6 is 15.9 Å². The van der Waals surface area contributed by atoms with Crippen molar-refractivity contribution in [1.29, 1.82) is 0 Å². The van der Waals surface area contributed by atoms with Gasteiger partial charge >= 0.3 is 0 Å². The number of amides is 1. The molecule has 2 fully saturated rings. The Bertz CT molecular complexity index is 159. The van der Waals surface area contributed by atoms with Crippen molar-refractivity contribution in [1.82, 2.24) is 5.32 Å². The molecule has 50 valence electrons. The Balaban J connectivity index is 2.26. The molecule has 2 bridgehead atoms. The Morgan fingerprint density at radius 3 is 2.56 bits per heavy atom. The highest BCUT2D eigenvalue weighted by molar-refractivity contribution is 9.09. The van der Waals surface area contributed by atoms with Crippen molar-refractivity contribution >= 4 is 21.8 Å². The molecule has 1 saturated carbocycles. The Kier molecular flexibility index (Phi) is 1.09. The van der Waals surface area contributed by atoms with Gasteiger partial charge in [0, 0.05) is 10.9 Å². The summed E-state index contributed by atoms with van der Waals surface area (Å²) in [7, 11) is 0. The van der Waals surface area contributed by atoms with Crippen LogP contribution in [0, 0.1) is 5.92 Å². The maximum absolute atomic E-state index is 10.9. The van der Waals surface area contributed by atoms with E-state index in [0.29, 0.717) is 10.9 Å². The highest BCUT2D eigenvalue weighted by Gasteiger charge is 2.45. The second-order valence-electron chi connectivity index (χ2n) is 2.74. The molecule has 0 unspecified atom stereocenters. The summed E-state index contributed by atoms with van der Waals surface area (Å²) in [5.41, 5.74) is 0. The van der Waals surface area contributed by atoms with Crippen molar-refractivity contribution in [3.63, 3.8) is 0 Å². The van der Waals surface area contributed by atoms with E-state index in [1.54, 1.807) is 0 Å². The highest BCUT2D eigenvalue weighted by atomic mass is 79.9. The third-order valence-corrected chi connectivity index (χ3v) is 3.50. The number of carbonyl (C=O) groups excluding carboxylic acids is 1. The van der Waals surface area contributed by atoms with Crippen LogP contribution in [-0.2, 0) is 4.79 Å². The monoisotopic (exact) mass is 189 g/mol. The van der Waals surface area contributed by atoms with E-state index in [1.165, 1.54) is 0 Å². The first-order valence-electron chi connectivity index (χ1n) is 3.23. The number of rotatable bonds is 0. The van der Waals surface area contributed by atoms with Crippen LogP contribution in [0.25, 0.3) is 0 Å². The SMILES string of the molecule is O=C1N[C@H]2CC[C@H]1[C@@H]2Br. The zero-order valence-corrected chi connectivity index (χ0v) is 6.52. The lowest BCUT2D eigenvalue weighted by atomic mass is 10.1. The van der Waals surface area contributed by atoms with Crippen LogP contribution in [0.5, 0.6) is 0 Å². The standard InChI is InChI=1S/C6H8BrNO/c7-5-3-1-2-4(5)8-6(3)9/h3-5H,1-2H2,(H,8,9)/t3-,4-,5-/m0/s1. The third kappa shape index (κ3) is 0.641. The fourth-order valence-electron chi connectivity index (χ4n) is 1.68. The topological polar surface area (TPSA) is 29.1 Å². The van der Waals surface area contributed by atoms with Crippen LogP contribution in [0.15, 0.2) is 0 Å². The van der Waals surface area contributed by atoms with E-state index in [-0.39, 0.29) is 11.8 Å². The Labute approximate surface area is 62.1 Å². The van der Waals surface area contributed by atoms with Crippen LogP contribution < -0.4 is 5.32 Å². The molecule has 1 heterocycles. The number of fused-ring (bicyclic) bond motifs is 2. The summed E-state index contributed by atoms with van der Waals surface area (Å²) in [4.78, 5) is 11.3. The number of alkyl halides is 1. The van der Waals surface area contributed by atoms with Gasteiger partial charge in [0.05, 0.1) is 5.92 Å². The highest BCUT2D eigenvalue weighted by Crippen LogP contribution is 2.36. The Morgan fingerprint density at radius 1 is 1.56 bits per heavy atom. The number of carbonyl (C=O) groups is 1. The van der Waals surface area contributed by atoms with Crippen molar-refractivity contribution < 1.29 is 4.79 Å². The van der Waals surface area contributed by atoms with Crippen LogP contribution in [0.1, 0.15) is 12.8 Å². The van der Waals surface area contributed by atoms with Gasteiger partial charge < -0.3 is 5.32 Å². The van der Waals surface area contributed by atoms with Crippen molar-refractivity contribution in [2.75, 3.05) is 0 Å². The van der Waals surface area contributed by atoms with Gasteiger partial charge in [0.25, 0.3) is 0 Å². The van der Waals surface area contributed by atoms with Crippen molar-refractivity contribution in [2.45, 2.75) is 23.7 Å². The van der Waals surface area contributed by atoms with Crippen LogP contribution in [0.2, 0.25) is 0 Å². The molecule has 1 aliphatic heterocycles. The van der Waals surface area contributed by atoms with Gasteiger partial charge in [-0.1, -0.05) is 15.9 Å². The summed E-state index contributed by atoms with van der Waals surface area (Å²) in [6, 6.07) is 0.433. The fourth-order valence-corrected chi connectivity index (χ4v) is 2.58. The number of hydrogen-bond acceptors (Lipinski definition) is 1. The van der Waals surface area contributed by atoms with Gasteiger partial charge in [-0.05, 0) is 12.8 Å². The number of piperidine rings is 1. The van der Waals surface area contributed by atoms with E-state index in [4.69, 9.17) is 0 Å². The summed E-state index contributed by atoms with van der Waals surface area (Å²) in [5.74, 6) is 0.517. The van der Waals surface area contributed by atoms with Gasteiger partial charge in [0.15, 0.2) is 0 Å². The minimum atomic E-state index is 0.244. The molecule has 1 amide bonds. The first kappa shape index (κ1) is 5.71. The first-order valence-corrected chi connectivity index (χ1v) is 4.15. The predicted octanol–water partition coefficient (Wildman–Crippen LogP) is 0.658. The van der Waals surface area contributed by atoms with Crippen LogP contribution in [0.4, 0.5) is 0 Å². The second-order valence-corrected chi connectivity index (χ2v) is 3.80. The number of halogens is 1. The quantitative estimate of drug-likeness (QED) is 0.558. The van der Waals surface area contributed by atoms with E-state index in [9.17, 15) is 4.79 Å². The number of nitrogens with one attached hydrogen (secondary N) is 1. The smallest absolute Gasteiger partial charge is 0.224 e. The van der Waals surface area contributed by atoms with E-state index >= 15 is 0 Å². The van der Waals surface area contributed by atoms with Crippen molar-refractivity contribution in [3.8, 4) is 0 Å². The lowest BCUT2D eigenvalue weighted by Crippen LogP contribution is -2.30. The van der Waals surface area contributed by atoms with Gasteiger partial charge in [0.2, 0.25) is 5.91 Å². The van der Waals surface area contributed by atoms with E-state index in [2.05, 4.69) is 21.2 Å². The molecule has 1 N–H and O–H groups in total. The normalized spacial score (nSPS) is 47.7. The summed E-state index contributed by atoms with van der Waals surface area (Å²) in [6.07, 6.45) is 2.23. The molecule has 1 saturated heterocycles. The summed E-state index contributed by atoms with van der Waals surface area (Å²) < 4.78 is 0. The minimum absolute atomic E-state index is 0.244. The van der Waals surface area contributed by atoms with E-state index < -0.39 is 0 Å². The van der Waals surface area contributed by atoms with Gasteiger partial charge in [-0.25, -0.2) is 0 Å². The molecule has 2 rings (SSSR count). The lowest BCUT2D eigenvalue weighted by Gasteiger charge is -2.08. The van der Waals surface area contributed by atoms with Gasteiger partial charge in [-0.15, -0.1) is 0 Å². The van der Waals surface area contributed by atoms with E-state index in [1.807, 2.05) is 0 Å². The molecule has 0 spiro atoms. The van der Waals surface area contributed by atoms with Gasteiger partial charge in [0.1, 0.15) is 0 Å². The first-order chi connectivity index (χ1) is 4.29. The van der Waals surface area contributed by atoms with Gasteiger partial charge in [-0.2, -0.15) is 0 Å². The van der Waals surface area contributed by atoms with Crippen LogP contribution in [0.3, 0.4) is 0 Å². The average Bonchev–Trinajstić information content (AvgIpc) is 2.25. The lowest BCUT2D eigenvalue weighted by molar-refractivity contribution is -0.123. The molecular formula is C6H8BrNO. The molecule has 1 aliphatic carbocycles. The molecule has 0 radical (unpaired) electrons. The Hall–Kier alpha value is -0.0500. The molecule has 0 aromatic rings. The summed E-state index contributed by atoms with van der Waals surface area (Å²) in [6.45, 7) is 0. The molecule has 9 heavy (non-hydrogen) atoms. The van der Waals surface area contributed by atoms with E-state index in [0.717, 1.165) is 12.8 Å².